The van der Waals surface area contributed by atoms with Gasteiger partial charge in [-0.05, 0) is 49.9 Å². The summed E-state index contributed by atoms with van der Waals surface area (Å²) in [5, 5.41) is 31.5. The van der Waals surface area contributed by atoms with E-state index in [4.69, 9.17) is 22.9 Å². The third-order valence-corrected chi connectivity index (χ3v) is 9.52. The molecule has 1 saturated heterocycles. The molecule has 7 amide bonds. The van der Waals surface area contributed by atoms with Crippen molar-refractivity contribution in [2.45, 2.75) is 129 Å². The highest BCUT2D eigenvalue weighted by molar-refractivity contribution is 5.97. The summed E-state index contributed by atoms with van der Waals surface area (Å²) in [6.07, 6.45) is 1.05. The quantitative estimate of drug-likeness (QED) is 0.0257. The first-order valence-corrected chi connectivity index (χ1v) is 18.9. The Balaban J connectivity index is 3.22. The number of aliphatic hydroxyl groups excluding tert-OH is 1. The lowest BCUT2D eigenvalue weighted by Gasteiger charge is -2.32. The van der Waals surface area contributed by atoms with Crippen LogP contribution >= 0.6 is 0 Å². The molecule has 0 unspecified atom stereocenters. The zero-order valence-corrected chi connectivity index (χ0v) is 33.2. The Labute approximate surface area is 327 Å². The molecule has 1 rings (SSSR count). The smallest absolute Gasteiger partial charge is 0.328 e. The maximum Gasteiger partial charge on any atom is 0.328 e. The number of aliphatic carboxylic acids is 1. The Bertz CT molecular complexity index is 1420. The number of guanidine groups is 1. The molecule has 56 heavy (non-hydrogen) atoms. The molecule has 15 N–H and O–H groups in total. The second kappa shape index (κ2) is 23.8. The van der Waals surface area contributed by atoms with E-state index in [0.29, 0.717) is 19.3 Å². The molecule has 8 atom stereocenters. The Morgan fingerprint density at radius 2 is 1.30 bits per heavy atom. The lowest BCUT2D eigenvalue weighted by atomic mass is 9.95. The van der Waals surface area contributed by atoms with Gasteiger partial charge < -0.3 is 64.6 Å². The van der Waals surface area contributed by atoms with Crippen molar-refractivity contribution in [2.24, 2.45) is 45.7 Å². The fourth-order valence-corrected chi connectivity index (χ4v) is 5.93. The number of nitrogens with zero attached hydrogens (tertiary/aromatic N) is 2. The average molecular weight is 798 g/mol. The van der Waals surface area contributed by atoms with E-state index < -0.39 is 114 Å². The van der Waals surface area contributed by atoms with E-state index in [1.54, 1.807) is 41.5 Å². The Hall–Kier alpha value is -5.05. The standard InChI is InChI=1S/C35H63N11O10/c1-7-19(6)27(32(53)41-21(12-13-24(37)48)33(54)46-15-9-11-23(46)29(50)42-22(16-47)34(55)56)45-31(52)26(18(4)5)44-30(51)25(17(2)3)43-28(49)20(36)10-8-14-40-35(38)39/h17-23,25-27,47H,7-16,36H2,1-6H3,(H2,37,48)(H,41,53)(H,42,50)(H,43,49)(H,44,51)(H,45,52)(H,55,56)(H4,38,39,40)/t19-,20-,21-,22-,23-,25-,26-,27-/m0/s1. The average Bonchev–Trinajstić information content (AvgIpc) is 3.62. The highest BCUT2D eigenvalue weighted by atomic mass is 16.4. The molecule has 0 aromatic rings. The fraction of sp³-hybridized carbons (Fsp3) is 0.743. The third kappa shape index (κ3) is 15.6. The molecule has 1 heterocycles. The predicted octanol–water partition coefficient (Wildman–Crippen LogP) is -3.52. The van der Waals surface area contributed by atoms with E-state index in [-0.39, 0.29) is 44.7 Å². The number of carbonyl (C=O) groups is 8. The Morgan fingerprint density at radius 3 is 1.79 bits per heavy atom. The van der Waals surface area contributed by atoms with Gasteiger partial charge in [-0.2, -0.15) is 0 Å². The van der Waals surface area contributed by atoms with Crippen molar-refractivity contribution in [1.82, 2.24) is 31.5 Å². The van der Waals surface area contributed by atoms with Crippen LogP contribution in [0.3, 0.4) is 0 Å². The molecule has 1 fully saturated rings. The van der Waals surface area contributed by atoms with Crippen LogP contribution in [0.1, 0.15) is 86.5 Å². The van der Waals surface area contributed by atoms with Crippen LogP contribution < -0.4 is 49.5 Å². The number of hydrogen-bond acceptors (Lipinski definition) is 11. The van der Waals surface area contributed by atoms with Crippen molar-refractivity contribution < 1.29 is 48.6 Å². The van der Waals surface area contributed by atoms with Crippen LogP contribution in [-0.4, -0.2) is 130 Å². The molecule has 0 aromatic heterocycles. The monoisotopic (exact) mass is 797 g/mol. The van der Waals surface area contributed by atoms with E-state index in [9.17, 15) is 48.6 Å². The van der Waals surface area contributed by atoms with Gasteiger partial charge in [-0.1, -0.05) is 48.0 Å². The molecule has 0 saturated carbocycles. The van der Waals surface area contributed by atoms with Gasteiger partial charge in [0.2, 0.25) is 41.4 Å². The lowest BCUT2D eigenvalue weighted by Crippen LogP contribution is -2.62. The first-order valence-electron chi connectivity index (χ1n) is 18.9. The van der Waals surface area contributed by atoms with Gasteiger partial charge in [-0.15, -0.1) is 0 Å². The zero-order chi connectivity index (χ0) is 42.9. The molecule has 0 spiro atoms. The predicted molar refractivity (Wildman–Crippen MR) is 205 cm³/mol. The van der Waals surface area contributed by atoms with E-state index >= 15 is 0 Å². The highest BCUT2D eigenvalue weighted by Crippen LogP contribution is 2.21. The van der Waals surface area contributed by atoms with Crippen LogP contribution in [0.5, 0.6) is 0 Å². The van der Waals surface area contributed by atoms with E-state index in [1.165, 1.54) is 4.90 Å². The van der Waals surface area contributed by atoms with Gasteiger partial charge in [0.05, 0.1) is 12.6 Å². The van der Waals surface area contributed by atoms with Crippen LogP contribution in [-0.2, 0) is 38.4 Å². The number of aliphatic hydroxyl groups is 1. The molecule has 1 aliphatic rings. The number of amides is 7. The van der Waals surface area contributed by atoms with Gasteiger partial charge >= 0.3 is 5.97 Å². The van der Waals surface area contributed by atoms with E-state index in [0.717, 1.165) is 0 Å². The second-order valence-electron chi connectivity index (χ2n) is 14.7. The van der Waals surface area contributed by atoms with Crippen LogP contribution in [0.2, 0.25) is 0 Å². The number of carboxylic acid groups (broad SMARTS) is 1. The summed E-state index contributed by atoms with van der Waals surface area (Å²) in [5.41, 5.74) is 22.0. The third-order valence-electron chi connectivity index (χ3n) is 9.52. The maximum atomic E-state index is 13.9. The van der Waals surface area contributed by atoms with Gasteiger partial charge in [-0.25, -0.2) is 4.79 Å². The molecule has 0 aliphatic carbocycles. The molecular weight excluding hydrogens is 734 g/mol. The van der Waals surface area contributed by atoms with Gasteiger partial charge in [0, 0.05) is 19.5 Å². The molecule has 0 radical (unpaired) electrons. The minimum absolute atomic E-state index is 0.0845. The largest absolute Gasteiger partial charge is 0.480 e. The van der Waals surface area contributed by atoms with Crippen molar-refractivity contribution in [3.63, 3.8) is 0 Å². The number of aliphatic imine (C=N–C) groups is 1. The SMILES string of the molecule is CC[C@H](C)[C@H](NC(=O)[C@@H](NC(=O)[C@@H](NC(=O)[C@@H](N)CCCN=C(N)N)C(C)C)C(C)C)C(=O)N[C@@H](CCC(N)=O)C(=O)N1CCC[C@H]1C(=O)N[C@@H](CO)C(=O)O. The molecule has 318 valence electrons. The summed E-state index contributed by atoms with van der Waals surface area (Å²) in [6, 6.07) is -8.51. The van der Waals surface area contributed by atoms with Crippen molar-refractivity contribution >= 4 is 53.3 Å². The van der Waals surface area contributed by atoms with Crippen molar-refractivity contribution in [1.29, 1.82) is 0 Å². The van der Waals surface area contributed by atoms with Crippen LogP contribution in [0, 0.1) is 17.8 Å². The van der Waals surface area contributed by atoms with Gasteiger partial charge in [0.1, 0.15) is 36.3 Å². The minimum Gasteiger partial charge on any atom is -0.480 e. The number of carboxylic acids is 1. The first-order chi connectivity index (χ1) is 26.2. The van der Waals surface area contributed by atoms with Crippen molar-refractivity contribution in [3.05, 3.63) is 0 Å². The van der Waals surface area contributed by atoms with Crippen LogP contribution in [0.25, 0.3) is 0 Å². The van der Waals surface area contributed by atoms with Gasteiger partial charge in [0.25, 0.3) is 0 Å². The minimum atomic E-state index is -1.60. The van der Waals surface area contributed by atoms with Gasteiger partial charge in [-0.3, -0.25) is 38.6 Å². The van der Waals surface area contributed by atoms with Crippen LogP contribution in [0.4, 0.5) is 0 Å². The number of rotatable bonds is 24. The van der Waals surface area contributed by atoms with Crippen molar-refractivity contribution in [3.8, 4) is 0 Å². The molecule has 21 nitrogen and oxygen atoms in total. The normalized spacial score (nSPS) is 17.7. The first kappa shape index (κ1) is 49.0. The summed E-state index contributed by atoms with van der Waals surface area (Å²) in [7, 11) is 0. The molecular formula is C35H63N11O10. The summed E-state index contributed by atoms with van der Waals surface area (Å²) >= 11 is 0. The lowest BCUT2D eigenvalue weighted by molar-refractivity contribution is -0.146. The van der Waals surface area contributed by atoms with E-state index in [2.05, 4.69) is 31.6 Å². The summed E-state index contributed by atoms with van der Waals surface area (Å²) in [4.78, 5) is 109. The van der Waals surface area contributed by atoms with Crippen LogP contribution in [0.15, 0.2) is 4.99 Å². The number of nitrogens with two attached hydrogens (primary N) is 4. The Morgan fingerprint density at radius 1 is 0.768 bits per heavy atom. The van der Waals surface area contributed by atoms with E-state index in [1.807, 2.05) is 0 Å². The fourth-order valence-electron chi connectivity index (χ4n) is 5.93. The second-order valence-corrected chi connectivity index (χ2v) is 14.7. The summed E-state index contributed by atoms with van der Waals surface area (Å²) < 4.78 is 0. The zero-order valence-electron chi connectivity index (χ0n) is 33.2. The molecule has 1 aliphatic heterocycles. The maximum absolute atomic E-state index is 13.9. The number of nitrogens with one attached hydrogen (secondary N) is 5. The number of hydrogen-bond donors (Lipinski definition) is 11. The number of carbonyl (C=O) groups excluding carboxylic acids is 7. The summed E-state index contributed by atoms with van der Waals surface area (Å²) in [6.45, 7) is 9.71. The molecule has 21 heteroatoms. The van der Waals surface area contributed by atoms with Crippen molar-refractivity contribution in [2.75, 3.05) is 19.7 Å². The summed E-state index contributed by atoms with van der Waals surface area (Å²) in [5.74, 6) is -8.01. The number of primary amides is 1. The number of likely N-dealkylation sites (tertiary alicyclic amines) is 1. The van der Waals surface area contributed by atoms with Gasteiger partial charge in [0.15, 0.2) is 5.96 Å². The topological polar surface area (TPSA) is 357 Å². The highest BCUT2D eigenvalue weighted by Gasteiger charge is 2.40. The molecule has 0 aromatic carbocycles. The Kier molecular flexibility index (Phi) is 20.8. The molecule has 0 bridgehead atoms.